The van der Waals surface area contributed by atoms with Gasteiger partial charge in [0.25, 0.3) is 0 Å². The van der Waals surface area contributed by atoms with Gasteiger partial charge in [-0.1, -0.05) is 19.8 Å². The second-order valence-electron chi connectivity index (χ2n) is 7.56. The van der Waals surface area contributed by atoms with Crippen molar-refractivity contribution in [2.24, 2.45) is 11.8 Å². The van der Waals surface area contributed by atoms with Crippen LogP contribution in [-0.2, 0) is 0 Å². The molecule has 1 aliphatic heterocycles. The van der Waals surface area contributed by atoms with Crippen molar-refractivity contribution in [3.05, 3.63) is 18.0 Å². The Morgan fingerprint density at radius 1 is 1.35 bits per heavy atom. The maximum Gasteiger partial charge on any atom is 0.317 e. The Morgan fingerprint density at radius 3 is 2.96 bits per heavy atom. The van der Waals surface area contributed by atoms with Gasteiger partial charge < -0.3 is 10.2 Å². The number of nitrogens with zero attached hydrogens (tertiary/aromatic N) is 3. The van der Waals surface area contributed by atoms with E-state index in [0.29, 0.717) is 12.0 Å². The predicted octanol–water partition coefficient (Wildman–Crippen LogP) is 3.36. The summed E-state index contributed by atoms with van der Waals surface area (Å²) in [5.41, 5.74) is 1.18. The van der Waals surface area contributed by atoms with E-state index in [1.165, 1.54) is 31.2 Å². The van der Waals surface area contributed by atoms with Crippen LogP contribution in [0, 0.1) is 18.8 Å². The smallest absolute Gasteiger partial charge is 0.317 e. The minimum atomic E-state index is 0.108. The highest BCUT2D eigenvalue weighted by Gasteiger charge is 2.26. The van der Waals surface area contributed by atoms with Gasteiger partial charge in [0.15, 0.2) is 0 Å². The molecule has 1 saturated heterocycles. The number of carbonyl (C=O) groups is 1. The van der Waals surface area contributed by atoms with E-state index in [0.717, 1.165) is 38.4 Å². The molecule has 1 aromatic heterocycles. The molecule has 1 N–H and O–H groups in total. The monoisotopic (exact) mass is 318 g/mol. The lowest BCUT2D eigenvalue weighted by molar-refractivity contribution is 0.159. The minimum absolute atomic E-state index is 0.108. The van der Waals surface area contributed by atoms with E-state index < -0.39 is 0 Å². The van der Waals surface area contributed by atoms with Crippen molar-refractivity contribution in [2.45, 2.75) is 58.4 Å². The average molecular weight is 318 g/mol. The second-order valence-corrected chi connectivity index (χ2v) is 7.56. The Morgan fingerprint density at radius 2 is 2.22 bits per heavy atom. The third kappa shape index (κ3) is 4.27. The van der Waals surface area contributed by atoms with Gasteiger partial charge in [-0.15, -0.1) is 0 Å². The second kappa shape index (κ2) is 7.37. The van der Waals surface area contributed by atoms with Gasteiger partial charge in [0.1, 0.15) is 0 Å². The molecule has 1 aromatic rings. The zero-order valence-corrected chi connectivity index (χ0v) is 14.5. The Kier molecular flexibility index (Phi) is 5.23. The van der Waals surface area contributed by atoms with Crippen LogP contribution in [0.2, 0.25) is 0 Å². The quantitative estimate of drug-likeness (QED) is 0.929. The number of nitrogens with one attached hydrogen (secondary N) is 1. The van der Waals surface area contributed by atoms with Crippen LogP contribution >= 0.6 is 0 Å². The molecule has 0 spiro atoms. The molecule has 2 aliphatic rings. The van der Waals surface area contributed by atoms with Crippen LogP contribution in [0.1, 0.15) is 57.1 Å². The first kappa shape index (κ1) is 16.3. The van der Waals surface area contributed by atoms with E-state index in [2.05, 4.69) is 30.5 Å². The summed E-state index contributed by atoms with van der Waals surface area (Å²) in [4.78, 5) is 14.5. The zero-order chi connectivity index (χ0) is 16.2. The third-order valence-electron chi connectivity index (χ3n) is 5.38. The fraction of sp³-hybridized carbons (Fsp3) is 0.778. The molecule has 2 fully saturated rings. The lowest BCUT2D eigenvalue weighted by atomic mass is 9.82. The van der Waals surface area contributed by atoms with Crippen molar-refractivity contribution in [2.75, 3.05) is 19.6 Å². The third-order valence-corrected chi connectivity index (χ3v) is 5.38. The molecule has 0 radical (unpaired) electrons. The number of hydrogen-bond acceptors (Lipinski definition) is 2. The van der Waals surface area contributed by atoms with Crippen molar-refractivity contribution in [1.82, 2.24) is 20.0 Å². The van der Waals surface area contributed by atoms with E-state index in [4.69, 9.17) is 0 Å². The van der Waals surface area contributed by atoms with Crippen LogP contribution in [0.4, 0.5) is 4.79 Å². The summed E-state index contributed by atoms with van der Waals surface area (Å²) < 4.78 is 2.03. The molecule has 0 aromatic carbocycles. The van der Waals surface area contributed by atoms with Crippen molar-refractivity contribution in [3.8, 4) is 0 Å². The van der Waals surface area contributed by atoms with E-state index in [1.54, 1.807) is 0 Å². The molecule has 3 atom stereocenters. The Balaban J connectivity index is 1.49. The number of hydrogen-bond donors (Lipinski definition) is 1. The number of aryl methyl sites for hydroxylation is 1. The highest BCUT2D eigenvalue weighted by Crippen LogP contribution is 2.28. The fourth-order valence-electron chi connectivity index (χ4n) is 4.08. The van der Waals surface area contributed by atoms with Gasteiger partial charge in [-0.05, 0) is 50.0 Å². The van der Waals surface area contributed by atoms with Crippen molar-refractivity contribution < 1.29 is 4.79 Å². The maximum atomic E-state index is 12.5. The van der Waals surface area contributed by atoms with Crippen LogP contribution in [0.3, 0.4) is 0 Å². The van der Waals surface area contributed by atoms with E-state index in [1.807, 2.05) is 15.8 Å². The molecule has 1 saturated carbocycles. The number of piperidine rings is 1. The molecule has 0 bridgehead atoms. The fourth-order valence-corrected chi connectivity index (χ4v) is 4.08. The molecule has 3 unspecified atom stereocenters. The molecule has 2 heterocycles. The Hall–Kier alpha value is -1.52. The van der Waals surface area contributed by atoms with Crippen molar-refractivity contribution in [3.63, 3.8) is 0 Å². The van der Waals surface area contributed by atoms with Crippen LogP contribution in [0.15, 0.2) is 12.4 Å². The highest BCUT2D eigenvalue weighted by molar-refractivity contribution is 5.74. The first-order valence-corrected chi connectivity index (χ1v) is 9.15. The summed E-state index contributed by atoms with van der Waals surface area (Å²) in [5, 5.41) is 7.60. The van der Waals surface area contributed by atoms with Crippen LogP contribution in [-0.4, -0.2) is 40.3 Å². The summed E-state index contributed by atoms with van der Waals surface area (Å²) in [5.74, 6) is 1.48. The van der Waals surface area contributed by atoms with E-state index >= 15 is 0 Å². The van der Waals surface area contributed by atoms with Crippen LogP contribution in [0.25, 0.3) is 0 Å². The molecule has 5 heteroatoms. The summed E-state index contributed by atoms with van der Waals surface area (Å²) >= 11 is 0. The summed E-state index contributed by atoms with van der Waals surface area (Å²) in [7, 11) is 0. The van der Waals surface area contributed by atoms with Gasteiger partial charge in [-0.2, -0.15) is 5.10 Å². The topological polar surface area (TPSA) is 50.2 Å². The van der Waals surface area contributed by atoms with Gasteiger partial charge >= 0.3 is 6.03 Å². The number of carbonyl (C=O) groups excluding carboxylic acids is 1. The maximum absolute atomic E-state index is 12.5. The van der Waals surface area contributed by atoms with Crippen LogP contribution in [0.5, 0.6) is 0 Å². The molecular formula is C18H30N4O. The summed E-state index contributed by atoms with van der Waals surface area (Å²) in [6.07, 6.45) is 11.3. The van der Waals surface area contributed by atoms with Gasteiger partial charge in [0, 0.05) is 25.8 Å². The minimum Gasteiger partial charge on any atom is -0.338 e. The largest absolute Gasteiger partial charge is 0.338 e. The van der Waals surface area contributed by atoms with Gasteiger partial charge in [0.05, 0.1) is 12.2 Å². The van der Waals surface area contributed by atoms with Gasteiger partial charge in [-0.25, -0.2) is 4.79 Å². The van der Waals surface area contributed by atoms with Crippen LogP contribution < -0.4 is 5.32 Å². The Labute approximate surface area is 139 Å². The first-order chi connectivity index (χ1) is 11.1. The van der Waals surface area contributed by atoms with Crippen molar-refractivity contribution in [1.29, 1.82) is 0 Å². The van der Waals surface area contributed by atoms with Gasteiger partial charge in [-0.3, -0.25) is 4.68 Å². The lowest BCUT2D eigenvalue weighted by Gasteiger charge is -2.34. The molecule has 1 aliphatic carbocycles. The number of aromatic nitrogens is 2. The SMILES string of the molecule is Cc1cnn(C2CCCN(C(=O)NCC3CCCC(C)C3)C2)c1. The molecule has 2 amide bonds. The normalized spacial score (nSPS) is 28.6. The van der Waals surface area contributed by atoms with E-state index in [-0.39, 0.29) is 6.03 Å². The number of urea groups is 1. The van der Waals surface area contributed by atoms with E-state index in [9.17, 15) is 4.79 Å². The average Bonchev–Trinajstić information content (AvgIpc) is 2.99. The first-order valence-electron chi connectivity index (χ1n) is 9.15. The molecule has 5 nitrogen and oxygen atoms in total. The summed E-state index contributed by atoms with van der Waals surface area (Å²) in [6, 6.07) is 0.426. The van der Waals surface area contributed by atoms with Gasteiger partial charge in [0.2, 0.25) is 0 Å². The molecular weight excluding hydrogens is 288 g/mol. The van der Waals surface area contributed by atoms with Crippen molar-refractivity contribution >= 4 is 6.03 Å². The standard InChI is InChI=1S/C18H30N4O/c1-14-5-3-6-16(9-14)11-19-18(23)21-8-4-7-17(13-21)22-12-15(2)10-20-22/h10,12,14,16-17H,3-9,11,13H2,1-2H3,(H,19,23). The zero-order valence-electron chi connectivity index (χ0n) is 14.5. The molecule has 23 heavy (non-hydrogen) atoms. The molecule has 128 valence electrons. The number of amides is 2. The number of rotatable bonds is 3. The predicted molar refractivity (Wildman–Crippen MR) is 91.3 cm³/mol. The Bertz CT molecular complexity index is 527. The lowest BCUT2D eigenvalue weighted by Crippen LogP contribution is -2.47. The summed E-state index contributed by atoms with van der Waals surface area (Å²) in [6.45, 7) is 6.86. The molecule has 3 rings (SSSR count). The highest BCUT2D eigenvalue weighted by atomic mass is 16.2. The number of likely N-dealkylation sites (tertiary alicyclic amines) is 1.